The van der Waals surface area contributed by atoms with E-state index in [2.05, 4.69) is 20.9 Å². The summed E-state index contributed by atoms with van der Waals surface area (Å²) in [5.74, 6) is 1.83. The maximum absolute atomic E-state index is 13.1. The van der Waals surface area contributed by atoms with Crippen LogP contribution in [0.4, 0.5) is 5.82 Å². The summed E-state index contributed by atoms with van der Waals surface area (Å²) in [6.45, 7) is 5.34. The van der Waals surface area contributed by atoms with Gasteiger partial charge in [-0.25, -0.2) is 4.98 Å². The fourth-order valence-electron chi connectivity index (χ4n) is 4.24. The Hall–Kier alpha value is -2.09. The van der Waals surface area contributed by atoms with Gasteiger partial charge in [0.15, 0.2) is 0 Å². The van der Waals surface area contributed by atoms with Crippen LogP contribution in [0.3, 0.4) is 0 Å². The number of nitrogens with zero attached hydrogens (tertiary/aromatic N) is 4. The summed E-state index contributed by atoms with van der Waals surface area (Å²) in [6.07, 6.45) is 5.51. The zero-order valence-corrected chi connectivity index (χ0v) is 14.3. The van der Waals surface area contributed by atoms with E-state index in [-0.39, 0.29) is 5.41 Å². The lowest BCUT2D eigenvalue weighted by atomic mass is 9.78. The predicted molar refractivity (Wildman–Crippen MR) is 91.5 cm³/mol. The summed E-state index contributed by atoms with van der Waals surface area (Å²) >= 11 is 0. The summed E-state index contributed by atoms with van der Waals surface area (Å²) in [7, 11) is 0. The monoisotopic (exact) mass is 324 g/mol. The van der Waals surface area contributed by atoms with E-state index in [9.17, 15) is 10.1 Å². The molecule has 3 fully saturated rings. The third kappa shape index (κ3) is 2.64. The number of nitriles is 1. The van der Waals surface area contributed by atoms with Gasteiger partial charge in [-0.1, -0.05) is 0 Å². The van der Waals surface area contributed by atoms with Gasteiger partial charge in [0.2, 0.25) is 5.91 Å². The number of rotatable bonds is 3. The quantitative estimate of drug-likeness (QED) is 0.857. The molecule has 0 unspecified atom stereocenters. The molecule has 5 nitrogen and oxygen atoms in total. The van der Waals surface area contributed by atoms with E-state index in [0.29, 0.717) is 18.0 Å². The molecular formula is C19H24N4O. The second-order valence-corrected chi connectivity index (χ2v) is 7.69. The number of pyridine rings is 1. The first-order valence-electron chi connectivity index (χ1n) is 9.03. The van der Waals surface area contributed by atoms with Crippen LogP contribution >= 0.6 is 0 Å². The van der Waals surface area contributed by atoms with Crippen LogP contribution in [0.25, 0.3) is 0 Å². The number of piperidine rings is 1. The van der Waals surface area contributed by atoms with Crippen molar-refractivity contribution in [1.29, 1.82) is 5.26 Å². The molecule has 0 aromatic carbocycles. The second-order valence-electron chi connectivity index (χ2n) is 7.69. The Kier molecular flexibility index (Phi) is 3.71. The fourth-order valence-corrected chi connectivity index (χ4v) is 4.24. The molecule has 126 valence electrons. The van der Waals surface area contributed by atoms with Crippen molar-refractivity contribution < 1.29 is 4.79 Å². The fraction of sp³-hybridized carbons (Fsp3) is 0.632. The van der Waals surface area contributed by atoms with Gasteiger partial charge in [-0.3, -0.25) is 4.79 Å². The largest absolute Gasteiger partial charge is 0.354 e. The average Bonchev–Trinajstić information content (AvgIpc) is 3.30. The molecule has 2 saturated heterocycles. The van der Waals surface area contributed by atoms with E-state index in [4.69, 9.17) is 0 Å². The molecule has 1 atom stereocenters. The third-order valence-corrected chi connectivity index (χ3v) is 5.79. The predicted octanol–water partition coefficient (Wildman–Crippen LogP) is 2.49. The number of hydrogen-bond acceptors (Lipinski definition) is 4. The number of likely N-dealkylation sites (tertiary alicyclic amines) is 1. The van der Waals surface area contributed by atoms with E-state index in [1.54, 1.807) is 0 Å². The van der Waals surface area contributed by atoms with Crippen LogP contribution in [0.1, 0.15) is 43.4 Å². The van der Waals surface area contributed by atoms with Crippen molar-refractivity contribution in [3.8, 4) is 6.07 Å². The molecule has 0 N–H and O–H groups in total. The third-order valence-electron chi connectivity index (χ3n) is 5.79. The highest BCUT2D eigenvalue weighted by Gasteiger charge is 2.49. The van der Waals surface area contributed by atoms with Crippen LogP contribution in [-0.2, 0) is 4.79 Å². The van der Waals surface area contributed by atoms with E-state index >= 15 is 0 Å². The molecule has 3 heterocycles. The van der Waals surface area contributed by atoms with Gasteiger partial charge in [0.05, 0.1) is 11.0 Å². The van der Waals surface area contributed by atoms with Gasteiger partial charge >= 0.3 is 0 Å². The van der Waals surface area contributed by atoms with Gasteiger partial charge in [0, 0.05) is 31.9 Å². The van der Waals surface area contributed by atoms with Gasteiger partial charge in [0.1, 0.15) is 11.9 Å². The number of carbonyl (C=O) groups is 1. The van der Waals surface area contributed by atoms with Crippen molar-refractivity contribution in [3.63, 3.8) is 0 Å². The number of aromatic nitrogens is 1. The van der Waals surface area contributed by atoms with E-state index < -0.39 is 0 Å². The molecule has 4 rings (SSSR count). The Morgan fingerprint density at radius 3 is 2.92 bits per heavy atom. The highest BCUT2D eigenvalue weighted by Crippen LogP contribution is 2.43. The molecule has 2 aliphatic heterocycles. The lowest BCUT2D eigenvalue weighted by molar-refractivity contribution is -0.145. The summed E-state index contributed by atoms with van der Waals surface area (Å²) in [4.78, 5) is 22.0. The number of carbonyl (C=O) groups excluding carboxylic acids is 1. The minimum atomic E-state index is -0.259. The molecule has 1 aromatic rings. The Balaban J connectivity index is 1.56. The standard InChI is InChI=1S/C19H24N4O/c1-14-3-6-16(11-20)17(21-14)23-10-8-19(13-23)7-2-9-22(18(19)24)12-15-4-5-15/h3,6,15H,2,4-5,7-10,12-13H2,1H3/t19-/m1/s1. The van der Waals surface area contributed by atoms with Gasteiger partial charge in [-0.05, 0) is 57.1 Å². The van der Waals surface area contributed by atoms with E-state index in [1.807, 2.05) is 19.1 Å². The first-order chi connectivity index (χ1) is 11.6. The van der Waals surface area contributed by atoms with Crippen molar-refractivity contribution in [2.24, 2.45) is 11.3 Å². The highest BCUT2D eigenvalue weighted by molar-refractivity contribution is 5.85. The van der Waals surface area contributed by atoms with Crippen LogP contribution in [0.15, 0.2) is 12.1 Å². The maximum atomic E-state index is 13.1. The second kappa shape index (κ2) is 5.77. The highest BCUT2D eigenvalue weighted by atomic mass is 16.2. The first-order valence-corrected chi connectivity index (χ1v) is 9.03. The molecule has 1 aliphatic carbocycles. The lowest BCUT2D eigenvalue weighted by Gasteiger charge is -2.39. The average molecular weight is 324 g/mol. The minimum absolute atomic E-state index is 0.259. The molecule has 0 bridgehead atoms. The number of hydrogen-bond donors (Lipinski definition) is 0. The summed E-state index contributed by atoms with van der Waals surface area (Å²) < 4.78 is 0. The number of anilines is 1. The minimum Gasteiger partial charge on any atom is -0.354 e. The van der Waals surface area contributed by atoms with Gasteiger partial charge < -0.3 is 9.80 Å². The van der Waals surface area contributed by atoms with Crippen molar-refractivity contribution >= 4 is 11.7 Å². The van der Waals surface area contributed by atoms with Gasteiger partial charge in [-0.15, -0.1) is 0 Å². The van der Waals surface area contributed by atoms with Crippen LogP contribution in [0.2, 0.25) is 0 Å². The van der Waals surface area contributed by atoms with E-state index in [1.165, 1.54) is 12.8 Å². The summed E-state index contributed by atoms with van der Waals surface area (Å²) in [5.41, 5.74) is 1.26. The van der Waals surface area contributed by atoms with Gasteiger partial charge in [-0.2, -0.15) is 5.26 Å². The van der Waals surface area contributed by atoms with Crippen molar-refractivity contribution in [3.05, 3.63) is 23.4 Å². The molecule has 1 aromatic heterocycles. The van der Waals surface area contributed by atoms with Gasteiger partial charge in [0.25, 0.3) is 0 Å². The number of amides is 1. The Morgan fingerprint density at radius 2 is 2.17 bits per heavy atom. The molecule has 3 aliphatic rings. The van der Waals surface area contributed by atoms with Crippen LogP contribution in [0, 0.1) is 29.6 Å². The molecule has 1 spiro atoms. The normalized spacial score (nSPS) is 26.9. The van der Waals surface area contributed by atoms with Crippen LogP contribution < -0.4 is 4.90 Å². The molecule has 1 amide bonds. The van der Waals surface area contributed by atoms with E-state index in [0.717, 1.165) is 56.3 Å². The molecule has 5 heteroatoms. The zero-order valence-electron chi connectivity index (χ0n) is 14.3. The number of aryl methyl sites for hydroxylation is 1. The zero-order chi connectivity index (χ0) is 16.7. The molecule has 1 saturated carbocycles. The summed E-state index contributed by atoms with van der Waals surface area (Å²) in [6, 6.07) is 5.96. The SMILES string of the molecule is Cc1ccc(C#N)c(N2CC[C@]3(CCCN(CC4CC4)C3=O)C2)n1. The molecule has 24 heavy (non-hydrogen) atoms. The molecule has 0 radical (unpaired) electrons. The molecular weight excluding hydrogens is 300 g/mol. The topological polar surface area (TPSA) is 60.2 Å². The first kappa shape index (κ1) is 15.4. The smallest absolute Gasteiger partial charge is 0.230 e. The lowest BCUT2D eigenvalue weighted by Crippen LogP contribution is -2.50. The Morgan fingerprint density at radius 1 is 1.33 bits per heavy atom. The van der Waals surface area contributed by atoms with Crippen molar-refractivity contribution in [2.75, 3.05) is 31.1 Å². The Bertz CT molecular complexity index is 706. The maximum Gasteiger partial charge on any atom is 0.230 e. The van der Waals surface area contributed by atoms with Crippen molar-refractivity contribution in [2.45, 2.75) is 39.0 Å². The Labute approximate surface area is 143 Å². The van der Waals surface area contributed by atoms with Crippen LogP contribution in [-0.4, -0.2) is 42.0 Å². The van der Waals surface area contributed by atoms with Crippen molar-refractivity contribution in [1.82, 2.24) is 9.88 Å². The van der Waals surface area contributed by atoms with Crippen LogP contribution in [0.5, 0.6) is 0 Å². The summed E-state index contributed by atoms with van der Waals surface area (Å²) in [5, 5.41) is 9.38.